The minimum Gasteiger partial charge on any atom is -0.490 e. The SMILES string of the molecule is CCCN(C)C[C@@H]1OCCCC[C@@H](C)Oc2ccc(NC(=O)CCC(F)(F)F)cc2C(=O)N([C@@H](C)CO)C[C@@H]1C. The molecular formula is C29H46F3N3O5. The normalized spacial score (nSPS) is 22.3. The van der Waals surface area contributed by atoms with Crippen LogP contribution in [0.15, 0.2) is 18.2 Å². The highest BCUT2D eigenvalue weighted by atomic mass is 19.4. The minimum absolute atomic E-state index is 0.0613. The summed E-state index contributed by atoms with van der Waals surface area (Å²) in [5.74, 6) is -0.945. The van der Waals surface area contributed by atoms with E-state index in [0.29, 0.717) is 25.4 Å². The van der Waals surface area contributed by atoms with Gasteiger partial charge in [-0.25, -0.2) is 0 Å². The van der Waals surface area contributed by atoms with E-state index in [0.717, 1.165) is 32.2 Å². The number of hydrogen-bond acceptors (Lipinski definition) is 6. The molecule has 4 atom stereocenters. The lowest BCUT2D eigenvalue weighted by atomic mass is 10.0. The lowest BCUT2D eigenvalue weighted by Gasteiger charge is -2.35. The van der Waals surface area contributed by atoms with E-state index < -0.39 is 36.9 Å². The van der Waals surface area contributed by atoms with E-state index in [4.69, 9.17) is 9.47 Å². The number of benzene rings is 1. The fraction of sp³-hybridized carbons (Fsp3) is 0.724. The second-order valence-corrected chi connectivity index (χ2v) is 10.9. The topological polar surface area (TPSA) is 91.3 Å². The van der Waals surface area contributed by atoms with Gasteiger partial charge in [-0.2, -0.15) is 13.2 Å². The van der Waals surface area contributed by atoms with Gasteiger partial charge in [0, 0.05) is 37.7 Å². The first-order valence-electron chi connectivity index (χ1n) is 14.2. The zero-order chi connectivity index (χ0) is 29.9. The molecule has 0 radical (unpaired) electrons. The van der Waals surface area contributed by atoms with E-state index in [1.54, 1.807) is 17.9 Å². The maximum atomic E-state index is 14.0. The third kappa shape index (κ3) is 11.2. The average molecular weight is 574 g/mol. The highest BCUT2D eigenvalue weighted by Gasteiger charge is 2.31. The van der Waals surface area contributed by atoms with Crippen LogP contribution in [-0.2, 0) is 9.53 Å². The quantitative estimate of drug-likeness (QED) is 0.427. The highest BCUT2D eigenvalue weighted by molar-refractivity contribution is 5.99. The molecule has 0 bridgehead atoms. The molecule has 8 nitrogen and oxygen atoms in total. The Morgan fingerprint density at radius 2 is 2.00 bits per heavy atom. The Hall–Kier alpha value is -2.37. The lowest BCUT2D eigenvalue weighted by Crippen LogP contribution is -2.47. The summed E-state index contributed by atoms with van der Waals surface area (Å²) < 4.78 is 50.2. The van der Waals surface area contributed by atoms with Crippen molar-refractivity contribution in [1.82, 2.24) is 9.80 Å². The van der Waals surface area contributed by atoms with E-state index in [9.17, 15) is 27.9 Å². The second kappa shape index (κ2) is 16.2. The van der Waals surface area contributed by atoms with Crippen LogP contribution in [0.3, 0.4) is 0 Å². The molecule has 0 aliphatic carbocycles. The Kier molecular flexibility index (Phi) is 13.7. The Balaban J connectivity index is 2.42. The van der Waals surface area contributed by atoms with E-state index in [1.807, 2.05) is 20.9 Å². The molecule has 2 N–H and O–H groups in total. The van der Waals surface area contributed by atoms with Gasteiger partial charge in [-0.15, -0.1) is 0 Å². The van der Waals surface area contributed by atoms with E-state index in [2.05, 4.69) is 17.1 Å². The van der Waals surface area contributed by atoms with Gasteiger partial charge in [0.25, 0.3) is 5.91 Å². The van der Waals surface area contributed by atoms with Crippen molar-refractivity contribution in [3.8, 4) is 5.75 Å². The number of likely N-dealkylation sites (N-methyl/N-ethyl adjacent to an activating group) is 1. The average Bonchev–Trinajstić information content (AvgIpc) is 2.88. The molecule has 2 amide bonds. The first kappa shape index (κ1) is 33.8. The number of nitrogens with one attached hydrogen (secondary N) is 1. The number of rotatable bonds is 9. The predicted molar refractivity (Wildman–Crippen MR) is 149 cm³/mol. The van der Waals surface area contributed by atoms with Crippen molar-refractivity contribution >= 4 is 17.5 Å². The van der Waals surface area contributed by atoms with Gasteiger partial charge < -0.3 is 29.7 Å². The summed E-state index contributed by atoms with van der Waals surface area (Å²) in [6.45, 7) is 10.1. The number of amides is 2. The molecular weight excluding hydrogens is 527 g/mol. The Morgan fingerprint density at radius 3 is 2.65 bits per heavy atom. The van der Waals surface area contributed by atoms with Gasteiger partial charge in [-0.05, 0) is 71.3 Å². The summed E-state index contributed by atoms with van der Waals surface area (Å²) in [7, 11) is 2.05. The fourth-order valence-corrected chi connectivity index (χ4v) is 4.72. The first-order valence-corrected chi connectivity index (χ1v) is 14.2. The smallest absolute Gasteiger partial charge is 0.389 e. The summed E-state index contributed by atoms with van der Waals surface area (Å²) in [5, 5.41) is 12.5. The number of ether oxygens (including phenoxy) is 2. The molecule has 2 rings (SSSR count). The monoisotopic (exact) mass is 573 g/mol. The standard InChI is InChI=1S/C29H46F3N3O5/c1-6-14-34(5)18-26-20(2)17-35(21(3)19-36)28(38)24-16-23(33-27(37)12-13-29(30,31)32)10-11-25(24)40-22(4)9-7-8-15-39-26/h10-11,16,20-22,26,36H,6-9,12-15,17-19H2,1-5H3,(H,33,37)/t20-,21-,22+,26-/m0/s1. The predicted octanol–water partition coefficient (Wildman–Crippen LogP) is 5.10. The fourth-order valence-electron chi connectivity index (χ4n) is 4.72. The van der Waals surface area contributed by atoms with Crippen LogP contribution in [-0.4, -0.2) is 91.0 Å². The highest BCUT2D eigenvalue weighted by Crippen LogP contribution is 2.29. The van der Waals surface area contributed by atoms with E-state index in [-0.39, 0.29) is 36.0 Å². The van der Waals surface area contributed by atoms with Crippen molar-refractivity contribution in [2.45, 2.75) is 90.6 Å². The largest absolute Gasteiger partial charge is 0.490 e. The van der Waals surface area contributed by atoms with Crippen molar-refractivity contribution in [1.29, 1.82) is 0 Å². The molecule has 1 aromatic carbocycles. The number of carbonyl (C=O) groups is 2. The number of fused-ring (bicyclic) bond motifs is 1. The van der Waals surface area contributed by atoms with Gasteiger partial charge in [-0.1, -0.05) is 13.8 Å². The van der Waals surface area contributed by atoms with Crippen LogP contribution >= 0.6 is 0 Å². The van der Waals surface area contributed by atoms with Crippen LogP contribution in [0.25, 0.3) is 0 Å². The Bertz CT molecular complexity index is 946. The minimum atomic E-state index is -4.45. The number of carbonyl (C=O) groups excluding carboxylic acids is 2. The summed E-state index contributed by atoms with van der Waals surface area (Å²) in [5.41, 5.74) is 0.370. The van der Waals surface area contributed by atoms with Gasteiger partial charge in [0.2, 0.25) is 5.91 Å². The second-order valence-electron chi connectivity index (χ2n) is 10.9. The first-order chi connectivity index (χ1) is 18.8. The van der Waals surface area contributed by atoms with Crippen LogP contribution < -0.4 is 10.1 Å². The Morgan fingerprint density at radius 1 is 1.27 bits per heavy atom. The molecule has 0 unspecified atom stereocenters. The van der Waals surface area contributed by atoms with Gasteiger partial charge in [-0.3, -0.25) is 9.59 Å². The molecule has 0 saturated heterocycles. The summed E-state index contributed by atoms with van der Waals surface area (Å²) in [6.07, 6.45) is -3.27. The van der Waals surface area contributed by atoms with Gasteiger partial charge in [0.1, 0.15) is 5.75 Å². The zero-order valence-electron chi connectivity index (χ0n) is 24.4. The van der Waals surface area contributed by atoms with Crippen LogP contribution in [0.4, 0.5) is 18.9 Å². The number of halogens is 3. The van der Waals surface area contributed by atoms with Crippen molar-refractivity contribution < 1.29 is 37.3 Å². The number of aliphatic hydroxyl groups excluding tert-OH is 1. The molecule has 1 aromatic rings. The van der Waals surface area contributed by atoms with Crippen molar-refractivity contribution in [3.63, 3.8) is 0 Å². The number of anilines is 1. The maximum absolute atomic E-state index is 14.0. The number of alkyl halides is 3. The number of nitrogens with zero attached hydrogens (tertiary/aromatic N) is 2. The molecule has 228 valence electrons. The van der Waals surface area contributed by atoms with Crippen LogP contribution in [0.5, 0.6) is 5.75 Å². The van der Waals surface area contributed by atoms with Gasteiger partial charge in [0.05, 0.1) is 36.8 Å². The van der Waals surface area contributed by atoms with E-state index >= 15 is 0 Å². The third-order valence-electron chi connectivity index (χ3n) is 7.07. The van der Waals surface area contributed by atoms with Crippen molar-refractivity contribution in [2.75, 3.05) is 45.2 Å². The third-order valence-corrected chi connectivity index (χ3v) is 7.07. The molecule has 0 fully saturated rings. The van der Waals surface area contributed by atoms with Crippen LogP contribution in [0, 0.1) is 5.92 Å². The number of hydrogen-bond donors (Lipinski definition) is 2. The summed E-state index contributed by atoms with van der Waals surface area (Å²) in [6, 6.07) is 3.99. The molecule has 0 saturated carbocycles. The lowest BCUT2D eigenvalue weighted by molar-refractivity contribution is -0.142. The molecule has 11 heteroatoms. The summed E-state index contributed by atoms with van der Waals surface area (Å²) in [4.78, 5) is 30.0. The van der Waals surface area contributed by atoms with Crippen LogP contribution in [0.1, 0.15) is 76.6 Å². The van der Waals surface area contributed by atoms with Crippen LogP contribution in [0.2, 0.25) is 0 Å². The summed E-state index contributed by atoms with van der Waals surface area (Å²) >= 11 is 0. The van der Waals surface area contributed by atoms with E-state index in [1.165, 1.54) is 12.1 Å². The molecule has 40 heavy (non-hydrogen) atoms. The van der Waals surface area contributed by atoms with Gasteiger partial charge >= 0.3 is 6.18 Å². The molecule has 1 aliphatic heterocycles. The molecule has 1 heterocycles. The molecule has 1 aliphatic rings. The van der Waals surface area contributed by atoms with Crippen molar-refractivity contribution in [3.05, 3.63) is 23.8 Å². The number of aliphatic hydroxyl groups is 1. The maximum Gasteiger partial charge on any atom is 0.389 e. The van der Waals surface area contributed by atoms with Crippen molar-refractivity contribution in [2.24, 2.45) is 5.92 Å². The molecule has 0 spiro atoms. The Labute approximate surface area is 236 Å². The molecule has 0 aromatic heterocycles. The zero-order valence-corrected chi connectivity index (χ0v) is 24.4. The van der Waals surface area contributed by atoms with Gasteiger partial charge in [0.15, 0.2) is 0 Å².